The van der Waals surface area contributed by atoms with E-state index in [0.29, 0.717) is 12.0 Å². The molecular formula is C11H12N2O2. The van der Waals surface area contributed by atoms with E-state index in [1.54, 1.807) is 24.3 Å². The number of aliphatic hydroxyl groups is 1. The third kappa shape index (κ3) is 3.41. The molecule has 0 heterocycles. The molecule has 2 N–H and O–H groups in total. The van der Waals surface area contributed by atoms with E-state index < -0.39 is 0 Å². The average molecular weight is 204 g/mol. The molecule has 15 heavy (non-hydrogen) atoms. The van der Waals surface area contributed by atoms with Gasteiger partial charge < -0.3 is 10.4 Å². The minimum atomic E-state index is -0.215. The summed E-state index contributed by atoms with van der Waals surface area (Å²) < 4.78 is 0. The molecule has 78 valence electrons. The zero-order chi connectivity index (χ0) is 11.1. The van der Waals surface area contributed by atoms with Crippen LogP contribution in [0.25, 0.3) is 0 Å². The Balaban J connectivity index is 2.63. The zero-order valence-electron chi connectivity index (χ0n) is 8.23. The second-order valence-electron chi connectivity index (χ2n) is 3.01. The Bertz CT molecular complexity index is 365. The molecule has 1 aromatic carbocycles. The molecule has 4 nitrogen and oxygen atoms in total. The molecule has 0 aliphatic rings. The Morgan fingerprint density at radius 3 is 2.60 bits per heavy atom. The molecule has 0 aromatic heterocycles. The molecule has 0 unspecified atom stereocenters. The summed E-state index contributed by atoms with van der Waals surface area (Å²) in [7, 11) is 0. The highest BCUT2D eigenvalue weighted by molar-refractivity contribution is 5.94. The number of carbonyl (C=O) groups excluding carboxylic acids is 1. The molecule has 1 aromatic rings. The first kappa shape index (κ1) is 11.2. The van der Waals surface area contributed by atoms with Crippen LogP contribution in [0, 0.1) is 11.3 Å². The maximum Gasteiger partial charge on any atom is 0.251 e. The Labute approximate surface area is 88.2 Å². The summed E-state index contributed by atoms with van der Waals surface area (Å²) >= 11 is 0. The monoisotopic (exact) mass is 204 g/mol. The van der Waals surface area contributed by atoms with Crippen LogP contribution >= 0.6 is 0 Å². The van der Waals surface area contributed by atoms with E-state index in [-0.39, 0.29) is 19.1 Å². The van der Waals surface area contributed by atoms with Crippen molar-refractivity contribution in [2.45, 2.75) is 6.42 Å². The SMILES string of the molecule is N#CCc1ccc(C(=O)NCCO)cc1. The number of carbonyl (C=O) groups is 1. The van der Waals surface area contributed by atoms with Gasteiger partial charge in [-0.2, -0.15) is 5.26 Å². The van der Waals surface area contributed by atoms with Crippen molar-refractivity contribution in [2.75, 3.05) is 13.2 Å². The maximum atomic E-state index is 11.4. The molecule has 0 fully saturated rings. The number of rotatable bonds is 4. The molecular weight excluding hydrogens is 192 g/mol. The smallest absolute Gasteiger partial charge is 0.251 e. The number of hydrogen-bond acceptors (Lipinski definition) is 3. The van der Waals surface area contributed by atoms with Crippen LogP contribution in [0.4, 0.5) is 0 Å². The summed E-state index contributed by atoms with van der Waals surface area (Å²) in [6.45, 7) is 0.178. The molecule has 0 saturated heterocycles. The summed E-state index contributed by atoms with van der Waals surface area (Å²) in [6, 6.07) is 8.86. The number of nitriles is 1. The number of nitrogens with one attached hydrogen (secondary N) is 1. The van der Waals surface area contributed by atoms with E-state index in [0.717, 1.165) is 5.56 Å². The summed E-state index contributed by atoms with van der Waals surface area (Å²) in [6.07, 6.45) is 0.346. The lowest BCUT2D eigenvalue weighted by Gasteiger charge is -2.03. The fourth-order valence-electron chi connectivity index (χ4n) is 1.14. The number of amides is 1. The highest BCUT2D eigenvalue weighted by atomic mass is 16.3. The van der Waals surface area contributed by atoms with Gasteiger partial charge in [-0.05, 0) is 17.7 Å². The Kier molecular flexibility index (Phi) is 4.32. The van der Waals surface area contributed by atoms with Gasteiger partial charge in [0.15, 0.2) is 0 Å². The molecule has 1 amide bonds. The van der Waals surface area contributed by atoms with Crippen LogP contribution < -0.4 is 5.32 Å². The van der Waals surface area contributed by atoms with Crippen LogP contribution in [0.2, 0.25) is 0 Å². The highest BCUT2D eigenvalue weighted by Gasteiger charge is 2.03. The van der Waals surface area contributed by atoms with Crippen LogP contribution in [-0.4, -0.2) is 24.2 Å². The van der Waals surface area contributed by atoms with Crippen molar-refractivity contribution in [1.29, 1.82) is 5.26 Å². The molecule has 4 heteroatoms. The van der Waals surface area contributed by atoms with Crippen molar-refractivity contribution >= 4 is 5.91 Å². The van der Waals surface area contributed by atoms with Gasteiger partial charge in [-0.1, -0.05) is 12.1 Å². The van der Waals surface area contributed by atoms with Gasteiger partial charge in [-0.3, -0.25) is 4.79 Å². The molecule has 0 saturated carbocycles. The van der Waals surface area contributed by atoms with Crippen LogP contribution in [-0.2, 0) is 6.42 Å². The van der Waals surface area contributed by atoms with E-state index in [1.165, 1.54) is 0 Å². The fraction of sp³-hybridized carbons (Fsp3) is 0.273. The highest BCUT2D eigenvalue weighted by Crippen LogP contribution is 2.04. The Morgan fingerprint density at radius 1 is 1.40 bits per heavy atom. The minimum Gasteiger partial charge on any atom is -0.395 e. The number of aliphatic hydroxyl groups excluding tert-OH is 1. The van der Waals surface area contributed by atoms with Gasteiger partial charge in [0, 0.05) is 12.1 Å². The maximum absolute atomic E-state index is 11.4. The first-order chi connectivity index (χ1) is 7.27. The van der Waals surface area contributed by atoms with E-state index in [4.69, 9.17) is 10.4 Å². The van der Waals surface area contributed by atoms with E-state index in [9.17, 15) is 4.79 Å². The van der Waals surface area contributed by atoms with Gasteiger partial charge in [-0.25, -0.2) is 0 Å². The second-order valence-corrected chi connectivity index (χ2v) is 3.01. The number of hydrogen-bond donors (Lipinski definition) is 2. The van der Waals surface area contributed by atoms with Crippen molar-refractivity contribution in [1.82, 2.24) is 5.32 Å². The topological polar surface area (TPSA) is 73.1 Å². The van der Waals surface area contributed by atoms with Crippen LogP contribution in [0.5, 0.6) is 0 Å². The molecule has 0 aliphatic heterocycles. The summed E-state index contributed by atoms with van der Waals surface area (Å²) in [5, 5.41) is 19.5. The van der Waals surface area contributed by atoms with Crippen LogP contribution in [0.15, 0.2) is 24.3 Å². The van der Waals surface area contributed by atoms with Crippen LogP contribution in [0.1, 0.15) is 15.9 Å². The third-order valence-electron chi connectivity index (χ3n) is 1.90. The molecule has 0 spiro atoms. The predicted octanol–water partition coefficient (Wildman–Crippen LogP) is 0.475. The zero-order valence-corrected chi connectivity index (χ0v) is 8.23. The third-order valence-corrected chi connectivity index (χ3v) is 1.90. The lowest BCUT2D eigenvalue weighted by atomic mass is 10.1. The molecule has 0 aliphatic carbocycles. The standard InChI is InChI=1S/C11H12N2O2/c12-6-5-9-1-3-10(4-2-9)11(15)13-7-8-14/h1-4,14H,5,7-8H2,(H,13,15). The van der Waals surface area contributed by atoms with Gasteiger partial charge in [0.2, 0.25) is 0 Å². The quantitative estimate of drug-likeness (QED) is 0.749. The number of nitrogens with zero attached hydrogens (tertiary/aromatic N) is 1. The van der Waals surface area contributed by atoms with Gasteiger partial charge in [-0.15, -0.1) is 0 Å². The summed E-state index contributed by atoms with van der Waals surface area (Å²) in [5.41, 5.74) is 1.42. The predicted molar refractivity (Wildman–Crippen MR) is 55.2 cm³/mol. The molecule has 0 atom stereocenters. The fourth-order valence-corrected chi connectivity index (χ4v) is 1.14. The van der Waals surface area contributed by atoms with Gasteiger partial charge in [0.25, 0.3) is 5.91 Å². The normalized spacial score (nSPS) is 9.33. The second kappa shape index (κ2) is 5.78. The molecule has 0 bridgehead atoms. The summed E-state index contributed by atoms with van der Waals surface area (Å²) in [5.74, 6) is -0.215. The Hall–Kier alpha value is -1.86. The van der Waals surface area contributed by atoms with E-state index >= 15 is 0 Å². The summed E-state index contributed by atoms with van der Waals surface area (Å²) in [4.78, 5) is 11.4. The number of benzene rings is 1. The lowest BCUT2D eigenvalue weighted by Crippen LogP contribution is -2.26. The van der Waals surface area contributed by atoms with Gasteiger partial charge in [0.05, 0.1) is 19.1 Å². The van der Waals surface area contributed by atoms with Crippen molar-refractivity contribution < 1.29 is 9.90 Å². The van der Waals surface area contributed by atoms with Crippen molar-refractivity contribution in [3.8, 4) is 6.07 Å². The van der Waals surface area contributed by atoms with Crippen molar-refractivity contribution in [3.63, 3.8) is 0 Å². The van der Waals surface area contributed by atoms with Crippen LogP contribution in [0.3, 0.4) is 0 Å². The minimum absolute atomic E-state index is 0.0712. The van der Waals surface area contributed by atoms with Crippen molar-refractivity contribution in [2.24, 2.45) is 0 Å². The molecule has 0 radical (unpaired) electrons. The van der Waals surface area contributed by atoms with Gasteiger partial charge in [0.1, 0.15) is 0 Å². The first-order valence-corrected chi connectivity index (χ1v) is 4.63. The lowest BCUT2D eigenvalue weighted by molar-refractivity contribution is 0.0945. The Morgan fingerprint density at radius 2 is 2.07 bits per heavy atom. The average Bonchev–Trinajstić information content (AvgIpc) is 2.27. The largest absolute Gasteiger partial charge is 0.395 e. The molecule has 1 rings (SSSR count). The van der Waals surface area contributed by atoms with Gasteiger partial charge >= 0.3 is 0 Å². The van der Waals surface area contributed by atoms with Crippen molar-refractivity contribution in [3.05, 3.63) is 35.4 Å². The van der Waals surface area contributed by atoms with E-state index in [2.05, 4.69) is 5.32 Å². The van der Waals surface area contributed by atoms with E-state index in [1.807, 2.05) is 6.07 Å². The first-order valence-electron chi connectivity index (χ1n) is 4.63.